The number of carbonyl (C=O) groups excluding carboxylic acids is 1. The van der Waals surface area contributed by atoms with E-state index in [1.807, 2.05) is 19.2 Å². The van der Waals surface area contributed by atoms with Gasteiger partial charge >= 0.3 is 5.97 Å². The molecule has 1 aliphatic rings. The predicted molar refractivity (Wildman–Crippen MR) is 68.9 cm³/mol. The molecule has 0 aromatic carbocycles. The van der Waals surface area contributed by atoms with Crippen molar-refractivity contribution in [1.29, 1.82) is 0 Å². The van der Waals surface area contributed by atoms with Gasteiger partial charge in [-0.2, -0.15) is 0 Å². The summed E-state index contributed by atoms with van der Waals surface area (Å²) in [6.45, 7) is 5.04. The lowest BCUT2D eigenvalue weighted by molar-refractivity contribution is -0.150. The number of hydrogen-bond acceptors (Lipinski definition) is 4. The van der Waals surface area contributed by atoms with Gasteiger partial charge in [0.1, 0.15) is 0 Å². The maximum Gasteiger partial charge on any atom is 0.310 e. The van der Waals surface area contributed by atoms with Gasteiger partial charge in [0.2, 0.25) is 0 Å². The molecule has 4 nitrogen and oxygen atoms in total. The summed E-state index contributed by atoms with van der Waals surface area (Å²) in [6, 6.07) is 4.02. The molecule has 0 saturated carbocycles. The van der Waals surface area contributed by atoms with Crippen molar-refractivity contribution >= 4 is 5.97 Å². The number of piperidine rings is 1. The summed E-state index contributed by atoms with van der Waals surface area (Å²) in [5, 5.41) is 0. The number of rotatable bonds is 4. The van der Waals surface area contributed by atoms with Crippen LogP contribution in [0.15, 0.2) is 24.5 Å². The van der Waals surface area contributed by atoms with E-state index in [0.29, 0.717) is 6.61 Å². The van der Waals surface area contributed by atoms with Gasteiger partial charge in [0, 0.05) is 25.5 Å². The normalized spacial score (nSPS) is 20.6. The van der Waals surface area contributed by atoms with Crippen molar-refractivity contribution in [2.45, 2.75) is 26.3 Å². The maximum absolute atomic E-state index is 11.7. The Morgan fingerprint density at radius 3 is 3.22 bits per heavy atom. The largest absolute Gasteiger partial charge is 0.466 e. The van der Waals surface area contributed by atoms with E-state index in [4.69, 9.17) is 4.74 Å². The third-order valence-corrected chi connectivity index (χ3v) is 3.25. The SMILES string of the molecule is CCOC(=O)[C@@H]1CCCN(Cc2cccnc2)C1. The minimum atomic E-state index is -0.0478. The fourth-order valence-corrected chi connectivity index (χ4v) is 2.40. The van der Waals surface area contributed by atoms with Gasteiger partial charge in [-0.15, -0.1) is 0 Å². The summed E-state index contributed by atoms with van der Waals surface area (Å²) in [5.41, 5.74) is 1.20. The van der Waals surface area contributed by atoms with Gasteiger partial charge in [-0.25, -0.2) is 0 Å². The second-order valence-corrected chi connectivity index (χ2v) is 4.69. The molecule has 18 heavy (non-hydrogen) atoms. The molecule has 98 valence electrons. The van der Waals surface area contributed by atoms with Gasteiger partial charge in [0.15, 0.2) is 0 Å². The Morgan fingerprint density at radius 2 is 2.50 bits per heavy atom. The van der Waals surface area contributed by atoms with Gasteiger partial charge in [0.05, 0.1) is 12.5 Å². The van der Waals surface area contributed by atoms with Gasteiger partial charge in [-0.05, 0) is 37.9 Å². The number of likely N-dealkylation sites (tertiary alicyclic amines) is 1. The first kappa shape index (κ1) is 13.0. The molecule has 2 rings (SSSR count). The van der Waals surface area contributed by atoms with Gasteiger partial charge in [-0.1, -0.05) is 6.07 Å². The number of ether oxygens (including phenoxy) is 1. The Balaban J connectivity index is 1.89. The minimum Gasteiger partial charge on any atom is -0.466 e. The summed E-state index contributed by atoms with van der Waals surface area (Å²) in [4.78, 5) is 18.2. The number of aromatic nitrogens is 1. The first-order chi connectivity index (χ1) is 8.79. The van der Waals surface area contributed by atoms with E-state index in [9.17, 15) is 4.79 Å². The highest BCUT2D eigenvalue weighted by atomic mass is 16.5. The molecule has 2 heterocycles. The van der Waals surface area contributed by atoms with Crippen LogP contribution < -0.4 is 0 Å². The molecular formula is C14H20N2O2. The summed E-state index contributed by atoms with van der Waals surface area (Å²) in [5.74, 6) is -0.0104. The van der Waals surface area contributed by atoms with Gasteiger partial charge in [0.25, 0.3) is 0 Å². The van der Waals surface area contributed by atoms with Gasteiger partial charge in [-0.3, -0.25) is 14.7 Å². The molecule has 0 unspecified atom stereocenters. The van der Waals surface area contributed by atoms with Crippen molar-refractivity contribution in [3.8, 4) is 0 Å². The molecule has 0 amide bonds. The van der Waals surface area contributed by atoms with E-state index in [2.05, 4.69) is 16.0 Å². The average Bonchev–Trinajstić information content (AvgIpc) is 2.40. The molecule has 1 aliphatic heterocycles. The van der Waals surface area contributed by atoms with E-state index in [1.54, 1.807) is 6.20 Å². The van der Waals surface area contributed by atoms with Crippen LogP contribution in [-0.4, -0.2) is 35.5 Å². The van der Waals surface area contributed by atoms with Crippen molar-refractivity contribution in [2.75, 3.05) is 19.7 Å². The maximum atomic E-state index is 11.7. The lowest BCUT2D eigenvalue weighted by Crippen LogP contribution is -2.38. The predicted octanol–water partition coefficient (Wildman–Crippen LogP) is 1.86. The number of pyridine rings is 1. The van der Waals surface area contributed by atoms with E-state index >= 15 is 0 Å². The molecule has 0 bridgehead atoms. The second-order valence-electron chi connectivity index (χ2n) is 4.69. The van der Waals surface area contributed by atoms with Crippen LogP contribution in [0.3, 0.4) is 0 Å². The number of carbonyl (C=O) groups is 1. The Labute approximate surface area is 108 Å². The topological polar surface area (TPSA) is 42.4 Å². The number of nitrogens with zero attached hydrogens (tertiary/aromatic N) is 2. The highest BCUT2D eigenvalue weighted by molar-refractivity contribution is 5.72. The molecule has 0 radical (unpaired) electrons. The number of esters is 1. The van der Waals surface area contributed by atoms with Crippen LogP contribution in [0.4, 0.5) is 0 Å². The zero-order valence-corrected chi connectivity index (χ0v) is 10.8. The average molecular weight is 248 g/mol. The molecule has 0 aliphatic carbocycles. The summed E-state index contributed by atoms with van der Waals surface area (Å²) < 4.78 is 5.10. The zero-order chi connectivity index (χ0) is 12.8. The lowest BCUT2D eigenvalue weighted by atomic mass is 9.98. The molecular weight excluding hydrogens is 228 g/mol. The third-order valence-electron chi connectivity index (χ3n) is 3.25. The molecule has 1 atom stereocenters. The standard InChI is InChI=1S/C14H20N2O2/c1-2-18-14(17)13-6-4-8-16(11-13)10-12-5-3-7-15-9-12/h3,5,7,9,13H,2,4,6,8,10-11H2,1H3/t13-/m1/s1. The molecule has 1 fully saturated rings. The summed E-state index contributed by atoms with van der Waals surface area (Å²) in [6.07, 6.45) is 5.67. The second kappa shape index (κ2) is 6.50. The van der Waals surface area contributed by atoms with Crippen LogP contribution in [0.25, 0.3) is 0 Å². The smallest absolute Gasteiger partial charge is 0.310 e. The summed E-state index contributed by atoms with van der Waals surface area (Å²) >= 11 is 0. The highest BCUT2D eigenvalue weighted by Crippen LogP contribution is 2.19. The van der Waals surface area contributed by atoms with Crippen LogP contribution in [-0.2, 0) is 16.1 Å². The van der Waals surface area contributed by atoms with E-state index < -0.39 is 0 Å². The van der Waals surface area contributed by atoms with Crippen molar-refractivity contribution in [3.05, 3.63) is 30.1 Å². The van der Waals surface area contributed by atoms with E-state index in [0.717, 1.165) is 32.5 Å². The highest BCUT2D eigenvalue weighted by Gasteiger charge is 2.26. The van der Waals surface area contributed by atoms with Crippen LogP contribution in [0, 0.1) is 5.92 Å². The molecule has 4 heteroatoms. The van der Waals surface area contributed by atoms with Crippen molar-refractivity contribution < 1.29 is 9.53 Å². The molecule has 1 aromatic heterocycles. The first-order valence-corrected chi connectivity index (χ1v) is 6.57. The van der Waals surface area contributed by atoms with Gasteiger partial charge < -0.3 is 4.74 Å². The zero-order valence-electron chi connectivity index (χ0n) is 10.8. The van der Waals surface area contributed by atoms with E-state index in [-0.39, 0.29) is 11.9 Å². The van der Waals surface area contributed by atoms with Crippen molar-refractivity contribution in [1.82, 2.24) is 9.88 Å². The molecule has 0 N–H and O–H groups in total. The number of hydrogen-bond donors (Lipinski definition) is 0. The van der Waals surface area contributed by atoms with Crippen LogP contribution >= 0.6 is 0 Å². The van der Waals surface area contributed by atoms with Crippen molar-refractivity contribution in [2.24, 2.45) is 5.92 Å². The molecule has 1 aromatic rings. The fourth-order valence-electron chi connectivity index (χ4n) is 2.40. The van der Waals surface area contributed by atoms with Crippen molar-refractivity contribution in [3.63, 3.8) is 0 Å². The Bertz CT molecular complexity index is 381. The van der Waals surface area contributed by atoms with Crippen LogP contribution in [0.5, 0.6) is 0 Å². The van der Waals surface area contributed by atoms with Crippen LogP contribution in [0.1, 0.15) is 25.3 Å². The Kier molecular flexibility index (Phi) is 4.70. The quantitative estimate of drug-likeness (QED) is 0.763. The molecule has 0 spiro atoms. The summed E-state index contributed by atoms with van der Waals surface area (Å²) in [7, 11) is 0. The third kappa shape index (κ3) is 3.53. The van der Waals surface area contributed by atoms with E-state index in [1.165, 1.54) is 5.56 Å². The fraction of sp³-hybridized carbons (Fsp3) is 0.571. The Hall–Kier alpha value is -1.42. The monoisotopic (exact) mass is 248 g/mol. The van der Waals surface area contributed by atoms with Crippen LogP contribution in [0.2, 0.25) is 0 Å². The minimum absolute atomic E-state index is 0.0374. The first-order valence-electron chi connectivity index (χ1n) is 6.57. The lowest BCUT2D eigenvalue weighted by Gasteiger charge is -2.31. The Morgan fingerprint density at radius 1 is 1.61 bits per heavy atom. The molecule has 1 saturated heterocycles.